The fourth-order valence-electron chi connectivity index (χ4n) is 2.45. The summed E-state index contributed by atoms with van der Waals surface area (Å²) in [5.74, 6) is 0.213. The maximum absolute atomic E-state index is 13.2. The highest BCUT2D eigenvalue weighted by Gasteiger charge is 2.44. The van der Waals surface area contributed by atoms with E-state index in [2.05, 4.69) is 10.3 Å². The third-order valence-corrected chi connectivity index (χ3v) is 3.81. The van der Waals surface area contributed by atoms with E-state index in [0.717, 1.165) is 0 Å². The molecule has 1 aromatic carbocycles. The predicted molar refractivity (Wildman–Crippen MR) is 71.8 cm³/mol. The summed E-state index contributed by atoms with van der Waals surface area (Å²) in [5.41, 5.74) is 0.755. The SMILES string of the molecule is CC(=O)N(C)CC1(c2nc3ccc(F)cc3o2)CNC1. The van der Waals surface area contributed by atoms with Crippen LogP contribution >= 0.6 is 0 Å². The molecule has 1 aliphatic rings. The minimum absolute atomic E-state index is 0.00145. The van der Waals surface area contributed by atoms with E-state index in [-0.39, 0.29) is 17.1 Å². The molecule has 0 spiro atoms. The minimum Gasteiger partial charge on any atom is -0.440 e. The average Bonchev–Trinajstić information content (AvgIpc) is 2.76. The molecule has 1 aliphatic heterocycles. The van der Waals surface area contributed by atoms with Crippen molar-refractivity contribution in [2.24, 2.45) is 0 Å². The van der Waals surface area contributed by atoms with Gasteiger partial charge in [0, 0.05) is 39.7 Å². The first kappa shape index (κ1) is 13.1. The van der Waals surface area contributed by atoms with Crippen molar-refractivity contribution in [1.29, 1.82) is 0 Å². The zero-order valence-corrected chi connectivity index (χ0v) is 11.4. The van der Waals surface area contributed by atoms with E-state index in [1.54, 1.807) is 18.0 Å². The summed E-state index contributed by atoms with van der Waals surface area (Å²) in [4.78, 5) is 17.5. The van der Waals surface area contributed by atoms with Crippen LogP contribution in [0.25, 0.3) is 11.1 Å². The fraction of sp³-hybridized carbons (Fsp3) is 0.429. The summed E-state index contributed by atoms with van der Waals surface area (Å²) in [5, 5.41) is 3.19. The van der Waals surface area contributed by atoms with Crippen LogP contribution in [0.15, 0.2) is 22.6 Å². The van der Waals surface area contributed by atoms with Crippen LogP contribution in [0, 0.1) is 5.82 Å². The number of rotatable bonds is 3. The molecular formula is C14H16FN3O2. The molecule has 0 atom stereocenters. The highest BCUT2D eigenvalue weighted by Crippen LogP contribution is 2.31. The van der Waals surface area contributed by atoms with Gasteiger partial charge in [-0.2, -0.15) is 0 Å². The van der Waals surface area contributed by atoms with Crippen LogP contribution in [0.2, 0.25) is 0 Å². The minimum atomic E-state index is -0.346. The molecule has 6 heteroatoms. The van der Waals surface area contributed by atoms with Gasteiger partial charge in [-0.05, 0) is 12.1 Å². The van der Waals surface area contributed by atoms with E-state index in [1.165, 1.54) is 19.1 Å². The summed E-state index contributed by atoms with van der Waals surface area (Å²) in [6.07, 6.45) is 0. The molecule has 20 heavy (non-hydrogen) atoms. The monoisotopic (exact) mass is 277 g/mol. The number of fused-ring (bicyclic) bond motifs is 1. The predicted octanol–water partition coefficient (Wildman–Crippen LogP) is 1.29. The van der Waals surface area contributed by atoms with Gasteiger partial charge in [-0.1, -0.05) is 0 Å². The molecule has 1 saturated heterocycles. The van der Waals surface area contributed by atoms with Crippen molar-refractivity contribution in [2.45, 2.75) is 12.3 Å². The zero-order chi connectivity index (χ0) is 14.3. The first-order valence-electron chi connectivity index (χ1n) is 6.49. The van der Waals surface area contributed by atoms with Crippen LogP contribution in [0.1, 0.15) is 12.8 Å². The van der Waals surface area contributed by atoms with Gasteiger partial charge in [-0.3, -0.25) is 4.79 Å². The van der Waals surface area contributed by atoms with Gasteiger partial charge in [0.15, 0.2) is 5.58 Å². The number of halogens is 1. The molecule has 2 heterocycles. The van der Waals surface area contributed by atoms with Crippen molar-refractivity contribution < 1.29 is 13.6 Å². The fourth-order valence-corrected chi connectivity index (χ4v) is 2.45. The molecule has 1 amide bonds. The van der Waals surface area contributed by atoms with Crippen LogP contribution in [-0.2, 0) is 10.2 Å². The average molecular weight is 277 g/mol. The number of hydrogen-bond acceptors (Lipinski definition) is 4. The lowest BCUT2D eigenvalue weighted by molar-refractivity contribution is -0.128. The maximum Gasteiger partial charge on any atom is 0.219 e. The first-order chi connectivity index (χ1) is 9.50. The van der Waals surface area contributed by atoms with Crippen molar-refractivity contribution in [1.82, 2.24) is 15.2 Å². The Kier molecular flexibility index (Phi) is 2.97. The number of nitrogens with one attached hydrogen (secondary N) is 1. The Labute approximate surface area is 115 Å². The molecule has 106 valence electrons. The second kappa shape index (κ2) is 4.56. The van der Waals surface area contributed by atoms with Crippen LogP contribution < -0.4 is 5.32 Å². The number of aromatic nitrogens is 1. The molecule has 0 aliphatic carbocycles. The van der Waals surface area contributed by atoms with Crippen LogP contribution in [0.5, 0.6) is 0 Å². The topological polar surface area (TPSA) is 58.4 Å². The largest absolute Gasteiger partial charge is 0.440 e. The van der Waals surface area contributed by atoms with Crippen molar-refractivity contribution in [3.05, 3.63) is 29.9 Å². The van der Waals surface area contributed by atoms with Crippen molar-refractivity contribution in [3.8, 4) is 0 Å². The molecule has 0 bridgehead atoms. The highest BCUT2D eigenvalue weighted by atomic mass is 19.1. The Morgan fingerprint density at radius 1 is 1.55 bits per heavy atom. The molecule has 0 radical (unpaired) electrons. The number of nitrogens with zero attached hydrogens (tertiary/aromatic N) is 2. The summed E-state index contributed by atoms with van der Waals surface area (Å²) < 4.78 is 18.9. The van der Waals surface area contributed by atoms with Gasteiger partial charge in [0.05, 0.1) is 5.41 Å². The van der Waals surface area contributed by atoms with Gasteiger partial charge < -0.3 is 14.6 Å². The Hall–Kier alpha value is -1.95. The van der Waals surface area contributed by atoms with E-state index < -0.39 is 0 Å². The molecule has 1 N–H and O–H groups in total. The third-order valence-electron chi connectivity index (χ3n) is 3.81. The summed E-state index contributed by atoms with van der Waals surface area (Å²) in [6.45, 7) is 3.45. The smallest absolute Gasteiger partial charge is 0.219 e. The number of likely N-dealkylation sites (N-methyl/N-ethyl adjacent to an activating group) is 1. The van der Waals surface area contributed by atoms with Gasteiger partial charge in [-0.15, -0.1) is 0 Å². The van der Waals surface area contributed by atoms with E-state index >= 15 is 0 Å². The van der Waals surface area contributed by atoms with Gasteiger partial charge in [-0.25, -0.2) is 9.37 Å². The van der Waals surface area contributed by atoms with Gasteiger partial charge >= 0.3 is 0 Å². The van der Waals surface area contributed by atoms with Crippen LogP contribution in [0.4, 0.5) is 4.39 Å². The van der Waals surface area contributed by atoms with Crippen molar-refractivity contribution in [2.75, 3.05) is 26.7 Å². The molecule has 2 aromatic rings. The maximum atomic E-state index is 13.2. The Morgan fingerprint density at radius 2 is 2.30 bits per heavy atom. The molecule has 3 rings (SSSR count). The highest BCUT2D eigenvalue weighted by molar-refractivity contribution is 5.74. The molecule has 1 fully saturated rings. The molecule has 0 unspecified atom stereocenters. The lowest BCUT2D eigenvalue weighted by Crippen LogP contribution is -2.62. The number of oxazole rings is 1. The zero-order valence-electron chi connectivity index (χ0n) is 11.4. The number of hydrogen-bond donors (Lipinski definition) is 1. The van der Waals surface area contributed by atoms with Gasteiger partial charge in [0.1, 0.15) is 11.3 Å². The molecule has 5 nitrogen and oxygen atoms in total. The van der Waals surface area contributed by atoms with E-state index in [4.69, 9.17) is 4.42 Å². The van der Waals surface area contributed by atoms with E-state index in [9.17, 15) is 9.18 Å². The van der Waals surface area contributed by atoms with E-state index in [0.29, 0.717) is 36.6 Å². The second-order valence-corrected chi connectivity index (χ2v) is 5.39. The van der Waals surface area contributed by atoms with E-state index in [1.807, 2.05) is 0 Å². The summed E-state index contributed by atoms with van der Waals surface area (Å²) in [7, 11) is 1.75. The Balaban J connectivity index is 1.96. The summed E-state index contributed by atoms with van der Waals surface area (Å²) >= 11 is 0. The van der Waals surface area contributed by atoms with Gasteiger partial charge in [0.2, 0.25) is 11.8 Å². The van der Waals surface area contributed by atoms with Crippen LogP contribution in [-0.4, -0.2) is 42.5 Å². The first-order valence-corrected chi connectivity index (χ1v) is 6.49. The second-order valence-electron chi connectivity index (χ2n) is 5.39. The Bertz CT molecular complexity index is 663. The molecular weight excluding hydrogens is 261 g/mol. The summed E-state index contributed by atoms with van der Waals surface area (Å²) in [6, 6.07) is 4.30. The van der Waals surface area contributed by atoms with Crippen molar-refractivity contribution in [3.63, 3.8) is 0 Å². The quantitative estimate of drug-likeness (QED) is 0.918. The van der Waals surface area contributed by atoms with Crippen LogP contribution in [0.3, 0.4) is 0 Å². The lowest BCUT2D eigenvalue weighted by atomic mass is 9.81. The number of carbonyl (C=O) groups excluding carboxylic acids is 1. The lowest BCUT2D eigenvalue weighted by Gasteiger charge is -2.42. The molecule has 1 aromatic heterocycles. The van der Waals surface area contributed by atoms with Crippen molar-refractivity contribution >= 4 is 17.0 Å². The third kappa shape index (κ3) is 2.06. The Morgan fingerprint density at radius 3 is 2.90 bits per heavy atom. The number of benzene rings is 1. The normalized spacial score (nSPS) is 16.9. The molecule has 0 saturated carbocycles. The van der Waals surface area contributed by atoms with Gasteiger partial charge in [0.25, 0.3) is 0 Å². The standard InChI is InChI=1S/C14H16FN3O2/c1-9(19)18(2)8-14(6-16-7-14)13-17-11-4-3-10(15)5-12(11)20-13/h3-5,16H,6-8H2,1-2H3. The number of amides is 1. The number of carbonyl (C=O) groups is 1.